The maximum atomic E-state index is 5.76. The van der Waals surface area contributed by atoms with Gasteiger partial charge < -0.3 is 15.5 Å². The van der Waals surface area contributed by atoms with Crippen LogP contribution < -0.4 is 11.1 Å². The average Bonchev–Trinajstić information content (AvgIpc) is 2.71. The molecule has 3 nitrogen and oxygen atoms in total. The van der Waals surface area contributed by atoms with E-state index in [4.69, 9.17) is 10.2 Å². The van der Waals surface area contributed by atoms with E-state index in [9.17, 15) is 0 Å². The van der Waals surface area contributed by atoms with Gasteiger partial charge in [0.1, 0.15) is 5.76 Å². The highest BCUT2D eigenvalue weighted by Crippen LogP contribution is 2.24. The summed E-state index contributed by atoms with van der Waals surface area (Å²) < 4.78 is 6.41. The van der Waals surface area contributed by atoms with Gasteiger partial charge in [-0.05, 0) is 34.5 Å². The monoisotopic (exact) mass is 288 g/mol. The van der Waals surface area contributed by atoms with Crippen LogP contribution in [-0.2, 0) is 0 Å². The third-order valence-corrected chi connectivity index (χ3v) is 3.66. The van der Waals surface area contributed by atoms with E-state index < -0.39 is 0 Å². The SMILES string of the molecule is CCC(CC)CNC(CN)c1occc1Br. The normalized spacial score (nSPS) is 13.3. The summed E-state index contributed by atoms with van der Waals surface area (Å²) >= 11 is 3.46. The molecule has 0 aliphatic rings. The maximum absolute atomic E-state index is 5.76. The highest BCUT2D eigenvalue weighted by atomic mass is 79.9. The number of nitrogens with one attached hydrogen (secondary N) is 1. The van der Waals surface area contributed by atoms with Gasteiger partial charge in [-0.15, -0.1) is 0 Å². The molecule has 16 heavy (non-hydrogen) atoms. The lowest BCUT2D eigenvalue weighted by Crippen LogP contribution is -2.32. The molecule has 0 fully saturated rings. The first-order chi connectivity index (χ1) is 7.72. The van der Waals surface area contributed by atoms with Crippen molar-refractivity contribution in [1.29, 1.82) is 0 Å². The summed E-state index contributed by atoms with van der Waals surface area (Å²) in [5.74, 6) is 1.61. The van der Waals surface area contributed by atoms with Gasteiger partial charge in [0.15, 0.2) is 0 Å². The molecular formula is C12H21BrN2O. The van der Waals surface area contributed by atoms with E-state index in [1.165, 1.54) is 12.8 Å². The molecule has 0 aliphatic carbocycles. The second kappa shape index (κ2) is 7.09. The number of hydrogen-bond acceptors (Lipinski definition) is 3. The molecule has 0 aromatic carbocycles. The van der Waals surface area contributed by atoms with E-state index in [2.05, 4.69) is 35.1 Å². The molecule has 1 atom stereocenters. The molecule has 0 spiro atoms. The summed E-state index contributed by atoms with van der Waals surface area (Å²) in [6.07, 6.45) is 4.07. The Kier molecular flexibility index (Phi) is 6.09. The van der Waals surface area contributed by atoms with E-state index in [1.807, 2.05) is 6.07 Å². The summed E-state index contributed by atoms with van der Waals surface area (Å²) in [5, 5.41) is 3.47. The van der Waals surface area contributed by atoms with Crippen molar-refractivity contribution >= 4 is 15.9 Å². The first-order valence-corrected chi connectivity index (χ1v) is 6.68. The fourth-order valence-corrected chi connectivity index (χ4v) is 2.20. The Morgan fingerprint density at radius 2 is 2.12 bits per heavy atom. The Labute approximate surface area is 106 Å². The van der Waals surface area contributed by atoms with Crippen LogP contribution in [0.1, 0.15) is 38.5 Å². The second-order valence-electron chi connectivity index (χ2n) is 4.01. The molecule has 92 valence electrons. The van der Waals surface area contributed by atoms with E-state index >= 15 is 0 Å². The summed E-state index contributed by atoms with van der Waals surface area (Å²) in [5.41, 5.74) is 5.76. The van der Waals surface area contributed by atoms with Gasteiger partial charge in [-0.2, -0.15) is 0 Å². The van der Waals surface area contributed by atoms with Gasteiger partial charge >= 0.3 is 0 Å². The zero-order chi connectivity index (χ0) is 12.0. The van der Waals surface area contributed by atoms with E-state index in [1.54, 1.807) is 6.26 Å². The van der Waals surface area contributed by atoms with Crippen molar-refractivity contribution in [3.05, 3.63) is 22.6 Å². The summed E-state index contributed by atoms with van der Waals surface area (Å²) in [6.45, 7) is 5.97. The Balaban J connectivity index is 2.53. The van der Waals surface area contributed by atoms with Crippen molar-refractivity contribution in [3.63, 3.8) is 0 Å². The molecule has 0 saturated carbocycles. The van der Waals surface area contributed by atoms with Crippen LogP contribution in [0.2, 0.25) is 0 Å². The third kappa shape index (κ3) is 3.61. The van der Waals surface area contributed by atoms with Crippen molar-refractivity contribution in [2.45, 2.75) is 32.7 Å². The van der Waals surface area contributed by atoms with Crippen LogP contribution in [0.4, 0.5) is 0 Å². The second-order valence-corrected chi connectivity index (χ2v) is 4.87. The van der Waals surface area contributed by atoms with Gasteiger partial charge in [-0.3, -0.25) is 0 Å². The van der Waals surface area contributed by atoms with Gasteiger partial charge in [0, 0.05) is 6.54 Å². The Bertz CT molecular complexity index is 297. The van der Waals surface area contributed by atoms with Crippen LogP contribution in [0.25, 0.3) is 0 Å². The molecule has 0 radical (unpaired) electrons. The van der Waals surface area contributed by atoms with Crippen molar-refractivity contribution in [3.8, 4) is 0 Å². The fourth-order valence-electron chi connectivity index (χ4n) is 1.72. The number of nitrogens with two attached hydrogens (primary N) is 1. The number of halogens is 1. The Morgan fingerprint density at radius 1 is 1.44 bits per heavy atom. The molecule has 1 heterocycles. The average molecular weight is 289 g/mol. The largest absolute Gasteiger partial charge is 0.466 e. The van der Waals surface area contributed by atoms with Crippen LogP contribution in [0.15, 0.2) is 21.2 Å². The Morgan fingerprint density at radius 3 is 2.56 bits per heavy atom. The summed E-state index contributed by atoms with van der Waals surface area (Å²) in [7, 11) is 0. The minimum absolute atomic E-state index is 0.102. The summed E-state index contributed by atoms with van der Waals surface area (Å²) in [6, 6.07) is 2.00. The molecule has 1 aromatic rings. The smallest absolute Gasteiger partial charge is 0.136 e. The molecule has 0 saturated heterocycles. The lowest BCUT2D eigenvalue weighted by molar-refractivity contribution is 0.371. The van der Waals surface area contributed by atoms with Gasteiger partial charge in [-0.1, -0.05) is 26.7 Å². The van der Waals surface area contributed by atoms with Crippen LogP contribution in [0.3, 0.4) is 0 Å². The highest BCUT2D eigenvalue weighted by molar-refractivity contribution is 9.10. The van der Waals surface area contributed by atoms with Gasteiger partial charge in [0.2, 0.25) is 0 Å². The van der Waals surface area contributed by atoms with Crippen molar-refractivity contribution in [2.24, 2.45) is 11.7 Å². The predicted octanol–water partition coefficient (Wildman–Crippen LogP) is 3.07. The van der Waals surface area contributed by atoms with Crippen LogP contribution in [0.5, 0.6) is 0 Å². The molecule has 1 aromatic heterocycles. The van der Waals surface area contributed by atoms with Crippen molar-refractivity contribution < 1.29 is 4.42 Å². The predicted molar refractivity (Wildman–Crippen MR) is 70.3 cm³/mol. The van der Waals surface area contributed by atoms with E-state index in [0.717, 1.165) is 16.8 Å². The van der Waals surface area contributed by atoms with E-state index in [-0.39, 0.29) is 6.04 Å². The highest BCUT2D eigenvalue weighted by Gasteiger charge is 2.16. The van der Waals surface area contributed by atoms with Crippen LogP contribution in [-0.4, -0.2) is 13.1 Å². The van der Waals surface area contributed by atoms with Crippen LogP contribution in [0, 0.1) is 5.92 Å². The molecule has 0 bridgehead atoms. The quantitative estimate of drug-likeness (QED) is 0.811. The number of rotatable bonds is 7. The molecule has 0 aliphatic heterocycles. The molecule has 1 rings (SSSR count). The van der Waals surface area contributed by atoms with Crippen molar-refractivity contribution in [2.75, 3.05) is 13.1 Å². The van der Waals surface area contributed by atoms with Gasteiger partial charge in [0.25, 0.3) is 0 Å². The molecule has 0 amide bonds. The zero-order valence-corrected chi connectivity index (χ0v) is 11.6. The lowest BCUT2D eigenvalue weighted by atomic mass is 10.0. The third-order valence-electron chi connectivity index (χ3n) is 3.00. The van der Waals surface area contributed by atoms with Gasteiger partial charge in [0.05, 0.1) is 16.8 Å². The summed E-state index contributed by atoms with van der Waals surface area (Å²) in [4.78, 5) is 0. The molecule has 1 unspecified atom stereocenters. The minimum atomic E-state index is 0.102. The zero-order valence-electron chi connectivity index (χ0n) is 10.0. The maximum Gasteiger partial charge on any atom is 0.136 e. The fraction of sp³-hybridized carbons (Fsp3) is 0.667. The van der Waals surface area contributed by atoms with E-state index in [0.29, 0.717) is 12.5 Å². The van der Waals surface area contributed by atoms with Crippen LogP contribution >= 0.6 is 15.9 Å². The topological polar surface area (TPSA) is 51.2 Å². The number of hydrogen-bond donors (Lipinski definition) is 2. The molecular weight excluding hydrogens is 268 g/mol. The number of furan rings is 1. The molecule has 3 N–H and O–H groups in total. The minimum Gasteiger partial charge on any atom is -0.466 e. The lowest BCUT2D eigenvalue weighted by Gasteiger charge is -2.19. The van der Waals surface area contributed by atoms with Gasteiger partial charge in [-0.25, -0.2) is 0 Å². The van der Waals surface area contributed by atoms with Crippen molar-refractivity contribution in [1.82, 2.24) is 5.32 Å². The standard InChI is InChI=1S/C12H21BrN2O/c1-3-9(4-2)8-15-11(7-14)12-10(13)5-6-16-12/h5-6,9,11,15H,3-4,7-8,14H2,1-2H3. The first-order valence-electron chi connectivity index (χ1n) is 5.89. The molecule has 4 heteroatoms. The Hall–Kier alpha value is -0.320. The first kappa shape index (κ1) is 13.7.